The third kappa shape index (κ3) is 2.88. The molecule has 0 spiro atoms. The molecule has 1 aromatic rings. The molecule has 23 heavy (non-hydrogen) atoms. The number of amides is 3. The Kier molecular flexibility index (Phi) is 4.20. The van der Waals surface area contributed by atoms with Crippen molar-refractivity contribution in [3.05, 3.63) is 35.9 Å². The number of hydroxylamine groups is 3. The Labute approximate surface area is 134 Å². The molecule has 8 heteroatoms. The Morgan fingerprint density at radius 1 is 1.43 bits per heavy atom. The first-order chi connectivity index (χ1) is 11.0. The lowest BCUT2D eigenvalue weighted by molar-refractivity contribution is -0.175. The molecule has 124 valence electrons. The van der Waals surface area contributed by atoms with E-state index in [4.69, 9.17) is 10.6 Å². The summed E-state index contributed by atoms with van der Waals surface area (Å²) in [5.41, 5.74) is 8.61. The number of benzene rings is 1. The fourth-order valence-corrected chi connectivity index (χ4v) is 3.04. The summed E-state index contributed by atoms with van der Waals surface area (Å²) in [6, 6.07) is 8.54. The smallest absolute Gasteiger partial charge is 0.307 e. The van der Waals surface area contributed by atoms with Gasteiger partial charge in [0.1, 0.15) is 18.3 Å². The molecule has 0 saturated carbocycles. The number of fused-ring (bicyclic) bond motifs is 2. The summed E-state index contributed by atoms with van der Waals surface area (Å²) >= 11 is 0. The number of hydrogen-bond acceptors (Lipinski definition) is 5. The quantitative estimate of drug-likeness (QED) is 0.763. The normalized spacial score (nSPS) is 26.5. The van der Waals surface area contributed by atoms with Gasteiger partial charge in [0.15, 0.2) is 0 Å². The van der Waals surface area contributed by atoms with Crippen LogP contribution in [0.15, 0.2) is 30.3 Å². The van der Waals surface area contributed by atoms with E-state index < -0.39 is 17.7 Å². The highest BCUT2D eigenvalue weighted by Gasteiger charge is 2.55. The highest BCUT2D eigenvalue weighted by Crippen LogP contribution is 2.35. The fraction of sp³-hybridized carbons (Fsp3) is 0.467. The van der Waals surface area contributed by atoms with E-state index in [0.717, 1.165) is 5.56 Å². The molecule has 2 heterocycles. The molecule has 3 rings (SSSR count). The summed E-state index contributed by atoms with van der Waals surface area (Å²) in [6.07, 6.45) is 0.939. The Bertz CT molecular complexity index is 596. The molecule has 0 unspecified atom stereocenters. The maximum Gasteiger partial charge on any atom is 0.346 e. The van der Waals surface area contributed by atoms with Crippen LogP contribution in [0, 0.1) is 0 Å². The van der Waals surface area contributed by atoms with Crippen LogP contribution in [0.2, 0.25) is 0 Å². The van der Waals surface area contributed by atoms with Crippen LogP contribution < -0.4 is 11.2 Å². The zero-order chi connectivity index (χ0) is 16.4. The number of urea groups is 1. The van der Waals surface area contributed by atoms with Gasteiger partial charge in [-0.05, 0) is 18.4 Å². The van der Waals surface area contributed by atoms with E-state index in [0.29, 0.717) is 12.8 Å². The highest BCUT2D eigenvalue weighted by atomic mass is 16.7. The largest absolute Gasteiger partial charge is 0.346 e. The summed E-state index contributed by atoms with van der Waals surface area (Å²) < 4.78 is 0. The van der Waals surface area contributed by atoms with Gasteiger partial charge in [0, 0.05) is 0 Å². The van der Waals surface area contributed by atoms with Crippen molar-refractivity contribution in [3.63, 3.8) is 0 Å². The van der Waals surface area contributed by atoms with Gasteiger partial charge in [-0.15, -0.1) is 0 Å². The van der Waals surface area contributed by atoms with Gasteiger partial charge in [0.25, 0.3) is 5.91 Å². The van der Waals surface area contributed by atoms with Crippen molar-refractivity contribution in [2.45, 2.75) is 31.2 Å². The topological polar surface area (TPSA) is 97.1 Å². The standard InChI is InChI=1S/C15H20N4O4/c1-22-17-13(20)12-7-8-15(16)10-18(12)14(21)19(15)23-9-11-5-3-2-4-6-11/h2-6,12H,7-10,16H2,1H3,(H,17,20)/t12-,15+/m0/s1. The lowest BCUT2D eigenvalue weighted by Crippen LogP contribution is -2.58. The molecule has 2 fully saturated rings. The van der Waals surface area contributed by atoms with Gasteiger partial charge in [0.05, 0.1) is 13.7 Å². The average Bonchev–Trinajstić information content (AvgIpc) is 2.73. The third-order valence-electron chi connectivity index (χ3n) is 4.20. The highest BCUT2D eigenvalue weighted by molar-refractivity contribution is 5.88. The van der Waals surface area contributed by atoms with E-state index in [1.54, 1.807) is 0 Å². The molecule has 2 aliphatic heterocycles. The molecule has 2 atom stereocenters. The van der Waals surface area contributed by atoms with Crippen LogP contribution in [0.25, 0.3) is 0 Å². The van der Waals surface area contributed by atoms with Crippen molar-refractivity contribution >= 4 is 11.9 Å². The summed E-state index contributed by atoms with van der Waals surface area (Å²) in [4.78, 5) is 36.3. The van der Waals surface area contributed by atoms with Crippen molar-refractivity contribution in [2.75, 3.05) is 13.7 Å². The molecule has 3 amide bonds. The monoisotopic (exact) mass is 320 g/mol. The minimum absolute atomic E-state index is 0.244. The maximum atomic E-state index is 12.6. The molecule has 0 radical (unpaired) electrons. The van der Waals surface area contributed by atoms with Crippen LogP contribution in [0.1, 0.15) is 18.4 Å². The Morgan fingerprint density at radius 3 is 2.87 bits per heavy atom. The minimum Gasteiger partial charge on any atom is -0.307 e. The third-order valence-corrected chi connectivity index (χ3v) is 4.20. The number of piperidine rings is 1. The van der Waals surface area contributed by atoms with Gasteiger partial charge in [0.2, 0.25) is 0 Å². The number of nitrogens with one attached hydrogen (secondary N) is 1. The minimum atomic E-state index is -0.907. The summed E-state index contributed by atoms with van der Waals surface area (Å²) in [7, 11) is 1.36. The molecule has 2 bridgehead atoms. The van der Waals surface area contributed by atoms with Gasteiger partial charge >= 0.3 is 6.03 Å². The molecular weight excluding hydrogens is 300 g/mol. The van der Waals surface area contributed by atoms with Crippen LogP contribution in [0.4, 0.5) is 4.79 Å². The van der Waals surface area contributed by atoms with Crippen LogP contribution in [0.3, 0.4) is 0 Å². The lowest BCUT2D eigenvalue weighted by Gasteiger charge is -2.35. The Hall–Kier alpha value is -2.16. The van der Waals surface area contributed by atoms with E-state index >= 15 is 0 Å². The zero-order valence-corrected chi connectivity index (χ0v) is 12.9. The van der Waals surface area contributed by atoms with Crippen molar-refractivity contribution in [3.8, 4) is 0 Å². The van der Waals surface area contributed by atoms with Gasteiger partial charge in [-0.1, -0.05) is 30.3 Å². The first-order valence-corrected chi connectivity index (χ1v) is 7.44. The Morgan fingerprint density at radius 2 is 2.17 bits per heavy atom. The summed E-state index contributed by atoms with van der Waals surface area (Å²) in [5.74, 6) is -0.354. The number of carbonyl (C=O) groups excluding carboxylic acids is 2. The summed E-state index contributed by atoms with van der Waals surface area (Å²) in [6.45, 7) is 0.497. The fourth-order valence-electron chi connectivity index (χ4n) is 3.04. The van der Waals surface area contributed by atoms with E-state index in [9.17, 15) is 9.59 Å². The molecule has 2 aliphatic rings. The molecular formula is C15H20N4O4. The maximum absolute atomic E-state index is 12.6. The van der Waals surface area contributed by atoms with E-state index in [2.05, 4.69) is 10.3 Å². The van der Waals surface area contributed by atoms with Crippen molar-refractivity contribution < 1.29 is 19.3 Å². The number of nitrogens with two attached hydrogens (primary N) is 1. The van der Waals surface area contributed by atoms with Crippen LogP contribution in [-0.4, -0.2) is 47.3 Å². The first-order valence-electron chi connectivity index (χ1n) is 7.44. The second-order valence-corrected chi connectivity index (χ2v) is 5.79. The number of hydrogen-bond donors (Lipinski definition) is 2. The SMILES string of the molecule is CONC(=O)[C@@H]1CC[C@]2(N)CN1C(=O)N2OCc1ccccc1. The molecule has 0 aliphatic carbocycles. The van der Waals surface area contributed by atoms with Crippen LogP contribution in [0.5, 0.6) is 0 Å². The summed E-state index contributed by atoms with van der Waals surface area (Å²) in [5, 5.41) is 1.21. The number of nitrogens with zero attached hydrogens (tertiary/aromatic N) is 2. The van der Waals surface area contributed by atoms with Crippen molar-refractivity contribution in [1.82, 2.24) is 15.4 Å². The zero-order valence-electron chi connectivity index (χ0n) is 12.9. The van der Waals surface area contributed by atoms with Gasteiger partial charge in [-0.25, -0.2) is 10.3 Å². The first kappa shape index (κ1) is 15.7. The molecule has 1 aromatic carbocycles. The average molecular weight is 320 g/mol. The van der Waals surface area contributed by atoms with Gasteiger partial charge < -0.3 is 10.6 Å². The van der Waals surface area contributed by atoms with Crippen molar-refractivity contribution in [1.29, 1.82) is 0 Å². The molecule has 0 aromatic heterocycles. The van der Waals surface area contributed by atoms with Crippen LogP contribution >= 0.6 is 0 Å². The number of carbonyl (C=O) groups is 2. The van der Waals surface area contributed by atoms with Gasteiger partial charge in [-0.3, -0.25) is 14.5 Å². The van der Waals surface area contributed by atoms with Crippen molar-refractivity contribution in [2.24, 2.45) is 5.73 Å². The van der Waals surface area contributed by atoms with E-state index in [1.165, 1.54) is 17.1 Å². The molecule has 8 nitrogen and oxygen atoms in total. The molecule has 2 saturated heterocycles. The Balaban J connectivity index is 1.71. The predicted octanol–water partition coefficient (Wildman–Crippen LogP) is 0.351. The second-order valence-electron chi connectivity index (χ2n) is 5.79. The van der Waals surface area contributed by atoms with Gasteiger partial charge in [-0.2, -0.15) is 5.06 Å². The predicted molar refractivity (Wildman–Crippen MR) is 80.3 cm³/mol. The van der Waals surface area contributed by atoms with E-state index in [1.807, 2.05) is 30.3 Å². The molecule has 3 N–H and O–H groups in total. The second kappa shape index (κ2) is 6.15. The lowest BCUT2D eigenvalue weighted by atomic mass is 9.95. The number of rotatable bonds is 5. The van der Waals surface area contributed by atoms with Crippen LogP contribution in [-0.2, 0) is 21.1 Å². The van der Waals surface area contributed by atoms with E-state index in [-0.39, 0.29) is 19.1 Å².